The lowest BCUT2D eigenvalue weighted by atomic mass is 9.82. The lowest BCUT2D eigenvalue weighted by Crippen LogP contribution is -2.22. The molecule has 0 saturated heterocycles. The maximum atomic E-state index is 13.2. The number of phenols is 1. The summed E-state index contributed by atoms with van der Waals surface area (Å²) in [6.45, 7) is 0. The molecule has 41 heavy (non-hydrogen) atoms. The third-order valence-corrected chi connectivity index (χ3v) is 7.28. The number of rotatable bonds is 7. The van der Waals surface area contributed by atoms with Crippen molar-refractivity contribution in [2.45, 2.75) is 12.8 Å². The van der Waals surface area contributed by atoms with E-state index in [1.807, 2.05) is 42.5 Å². The highest BCUT2D eigenvalue weighted by Crippen LogP contribution is 2.42. The van der Waals surface area contributed by atoms with Crippen molar-refractivity contribution in [3.8, 4) is 17.2 Å². The fourth-order valence-electron chi connectivity index (χ4n) is 5.05. The first kappa shape index (κ1) is 25.8. The molecule has 0 bridgehead atoms. The van der Waals surface area contributed by atoms with E-state index in [1.54, 1.807) is 24.3 Å². The Bertz CT molecular complexity index is 1790. The summed E-state index contributed by atoms with van der Waals surface area (Å²) in [6, 6.07) is 34.2. The van der Waals surface area contributed by atoms with E-state index in [0.717, 1.165) is 24.0 Å². The van der Waals surface area contributed by atoms with E-state index < -0.39 is 11.6 Å². The molecule has 0 heterocycles. The van der Waals surface area contributed by atoms with Gasteiger partial charge in [0.25, 0.3) is 0 Å². The fourth-order valence-corrected chi connectivity index (χ4v) is 5.05. The number of aromatic hydroxyl groups is 1. The Balaban J connectivity index is 1.12. The van der Waals surface area contributed by atoms with Gasteiger partial charge < -0.3 is 15.6 Å². The Morgan fingerprint density at radius 1 is 0.634 bits per heavy atom. The highest BCUT2D eigenvalue weighted by Gasteiger charge is 2.35. The molecule has 0 radical (unpaired) electrons. The van der Waals surface area contributed by atoms with Crippen molar-refractivity contribution in [1.29, 1.82) is 0 Å². The van der Waals surface area contributed by atoms with Crippen LogP contribution in [0.3, 0.4) is 0 Å². The zero-order chi connectivity index (χ0) is 28.3. The standard InChI is InChI=1S/C36H27NO4/c37-34-31(22-30(38)32-33(34)36(40)29-9-5-4-8-28(29)35(32)39)41-27-20-18-26(19-21-27)17-16-25-14-12-24(13-15-25)11-10-23-6-2-1-3-7-23/h1-15,18-22,38H,16-17,37H2/b11-10+. The van der Waals surface area contributed by atoms with Gasteiger partial charge >= 0.3 is 0 Å². The van der Waals surface area contributed by atoms with E-state index in [1.165, 1.54) is 17.2 Å². The van der Waals surface area contributed by atoms with Gasteiger partial charge in [0.1, 0.15) is 11.5 Å². The summed E-state index contributed by atoms with van der Waals surface area (Å²) in [7, 11) is 0. The molecular weight excluding hydrogens is 510 g/mol. The molecular formula is C36H27NO4. The molecule has 5 nitrogen and oxygen atoms in total. The number of fused-ring (bicyclic) bond motifs is 2. The average molecular weight is 538 g/mol. The van der Waals surface area contributed by atoms with E-state index >= 15 is 0 Å². The number of nitrogen functional groups attached to an aromatic ring is 1. The largest absolute Gasteiger partial charge is 0.507 e. The van der Waals surface area contributed by atoms with Gasteiger partial charge in [-0.2, -0.15) is 0 Å². The van der Waals surface area contributed by atoms with Crippen molar-refractivity contribution in [1.82, 2.24) is 0 Å². The molecule has 5 aromatic carbocycles. The van der Waals surface area contributed by atoms with Crippen molar-refractivity contribution in [2.24, 2.45) is 0 Å². The van der Waals surface area contributed by atoms with Gasteiger partial charge in [-0.05, 0) is 47.2 Å². The van der Waals surface area contributed by atoms with Crippen LogP contribution in [0.1, 0.15) is 54.1 Å². The van der Waals surface area contributed by atoms with Crippen LogP contribution in [0.15, 0.2) is 109 Å². The summed E-state index contributed by atoms with van der Waals surface area (Å²) >= 11 is 0. The normalized spacial score (nSPS) is 12.3. The molecule has 0 unspecified atom stereocenters. The first-order chi connectivity index (χ1) is 20.0. The van der Waals surface area contributed by atoms with E-state index in [2.05, 4.69) is 48.6 Å². The molecule has 3 N–H and O–H groups in total. The van der Waals surface area contributed by atoms with E-state index in [4.69, 9.17) is 10.5 Å². The first-order valence-corrected chi connectivity index (χ1v) is 13.4. The number of phenolic OH excluding ortho intramolecular Hbond substituents is 1. The lowest BCUT2D eigenvalue weighted by molar-refractivity contribution is 0.0977. The number of aryl methyl sites for hydroxylation is 2. The van der Waals surface area contributed by atoms with Crippen LogP contribution in [0.25, 0.3) is 12.2 Å². The first-order valence-electron chi connectivity index (χ1n) is 13.4. The Morgan fingerprint density at radius 3 is 1.76 bits per heavy atom. The third kappa shape index (κ3) is 5.25. The van der Waals surface area contributed by atoms with Crippen LogP contribution in [0.5, 0.6) is 17.2 Å². The zero-order valence-corrected chi connectivity index (χ0v) is 22.2. The van der Waals surface area contributed by atoms with Crippen LogP contribution in [-0.4, -0.2) is 16.7 Å². The van der Waals surface area contributed by atoms with Gasteiger partial charge in [0.15, 0.2) is 17.3 Å². The SMILES string of the molecule is Nc1c(Oc2ccc(CCc3ccc(/C=C/c4ccccc4)cc3)cc2)cc(O)c2c1C(=O)c1ccccc1C2=O. The van der Waals surface area contributed by atoms with Crippen LogP contribution in [0.4, 0.5) is 5.69 Å². The van der Waals surface area contributed by atoms with E-state index in [0.29, 0.717) is 5.75 Å². The number of ether oxygens (including phenoxy) is 1. The van der Waals surface area contributed by atoms with Crippen LogP contribution in [0, 0.1) is 0 Å². The maximum absolute atomic E-state index is 13.2. The van der Waals surface area contributed by atoms with E-state index in [9.17, 15) is 14.7 Å². The average Bonchev–Trinajstić information content (AvgIpc) is 3.01. The number of benzene rings is 5. The molecule has 200 valence electrons. The second-order valence-corrected chi connectivity index (χ2v) is 9.99. The number of hydrogen-bond donors (Lipinski definition) is 2. The highest BCUT2D eigenvalue weighted by molar-refractivity contribution is 6.31. The molecule has 5 aromatic rings. The molecule has 5 heteroatoms. The van der Waals surface area contributed by atoms with Crippen LogP contribution < -0.4 is 10.5 Å². The number of hydrogen-bond acceptors (Lipinski definition) is 5. The Kier molecular flexibility index (Phi) is 6.92. The number of anilines is 1. The Hall–Kier alpha value is -5.42. The van der Waals surface area contributed by atoms with Crippen molar-refractivity contribution in [3.63, 3.8) is 0 Å². The number of nitrogens with two attached hydrogens (primary N) is 1. The molecule has 0 aromatic heterocycles. The van der Waals surface area contributed by atoms with Crippen LogP contribution in [-0.2, 0) is 12.8 Å². The molecule has 6 rings (SSSR count). The van der Waals surface area contributed by atoms with Gasteiger partial charge in [-0.15, -0.1) is 0 Å². The predicted molar refractivity (Wildman–Crippen MR) is 162 cm³/mol. The minimum atomic E-state index is -0.436. The second-order valence-electron chi connectivity index (χ2n) is 9.99. The minimum Gasteiger partial charge on any atom is -0.507 e. The minimum absolute atomic E-state index is 0.0248. The zero-order valence-electron chi connectivity index (χ0n) is 22.2. The summed E-state index contributed by atoms with van der Waals surface area (Å²) in [5.41, 5.74) is 11.5. The summed E-state index contributed by atoms with van der Waals surface area (Å²) < 4.78 is 5.96. The molecule has 1 aliphatic carbocycles. The van der Waals surface area contributed by atoms with Crippen LogP contribution in [0.2, 0.25) is 0 Å². The van der Waals surface area contributed by atoms with Gasteiger partial charge in [-0.3, -0.25) is 9.59 Å². The molecule has 0 spiro atoms. The molecule has 0 saturated carbocycles. The molecule has 1 aliphatic rings. The molecule has 0 amide bonds. The van der Waals surface area contributed by atoms with Gasteiger partial charge in [-0.25, -0.2) is 0 Å². The predicted octanol–water partition coefficient (Wildman–Crippen LogP) is 7.50. The molecule has 0 fully saturated rings. The smallest absolute Gasteiger partial charge is 0.198 e. The van der Waals surface area contributed by atoms with Crippen molar-refractivity contribution < 1.29 is 19.4 Å². The monoisotopic (exact) mass is 537 g/mol. The van der Waals surface area contributed by atoms with Crippen molar-refractivity contribution in [2.75, 3.05) is 5.73 Å². The summed E-state index contributed by atoms with van der Waals surface area (Å²) in [4.78, 5) is 26.2. The Labute approximate surface area is 238 Å². The quantitative estimate of drug-likeness (QED) is 0.125. The second kappa shape index (κ2) is 11.0. The number of carbonyl (C=O) groups is 2. The lowest BCUT2D eigenvalue weighted by Gasteiger charge is -2.21. The maximum Gasteiger partial charge on any atom is 0.198 e. The fraction of sp³-hybridized carbons (Fsp3) is 0.0556. The van der Waals surface area contributed by atoms with Gasteiger partial charge in [0.05, 0.1) is 16.8 Å². The highest BCUT2D eigenvalue weighted by atomic mass is 16.5. The van der Waals surface area contributed by atoms with Crippen LogP contribution >= 0.6 is 0 Å². The van der Waals surface area contributed by atoms with Crippen molar-refractivity contribution >= 4 is 29.4 Å². The third-order valence-electron chi connectivity index (χ3n) is 7.28. The topological polar surface area (TPSA) is 89.6 Å². The Morgan fingerprint density at radius 2 is 1.15 bits per heavy atom. The molecule has 0 aliphatic heterocycles. The number of ketones is 2. The summed E-state index contributed by atoms with van der Waals surface area (Å²) in [5, 5.41) is 10.7. The number of carbonyl (C=O) groups excluding carboxylic acids is 2. The van der Waals surface area contributed by atoms with Gasteiger partial charge in [-0.1, -0.05) is 103 Å². The van der Waals surface area contributed by atoms with Gasteiger partial charge in [0.2, 0.25) is 0 Å². The summed E-state index contributed by atoms with van der Waals surface area (Å²) in [6.07, 6.45) is 5.97. The summed E-state index contributed by atoms with van der Waals surface area (Å²) in [5.74, 6) is -0.562. The molecule has 0 atom stereocenters. The van der Waals surface area contributed by atoms with E-state index in [-0.39, 0.29) is 39.4 Å². The van der Waals surface area contributed by atoms with Crippen molar-refractivity contribution in [3.05, 3.63) is 154 Å². The van der Waals surface area contributed by atoms with Gasteiger partial charge in [0, 0.05) is 17.2 Å².